The lowest BCUT2D eigenvalue weighted by Crippen LogP contribution is -2.51. The van der Waals surface area contributed by atoms with Crippen molar-refractivity contribution in [2.45, 2.75) is 12.8 Å². The van der Waals surface area contributed by atoms with E-state index in [1.54, 1.807) is 12.1 Å². The summed E-state index contributed by atoms with van der Waals surface area (Å²) >= 11 is 0. The number of hydrogen-bond acceptors (Lipinski definition) is 3. The van der Waals surface area contributed by atoms with Crippen LogP contribution in [0.1, 0.15) is 23.2 Å². The van der Waals surface area contributed by atoms with Gasteiger partial charge >= 0.3 is 0 Å². The molecule has 2 fully saturated rings. The molecule has 0 bridgehead atoms. The van der Waals surface area contributed by atoms with Crippen LogP contribution in [-0.4, -0.2) is 60.9 Å². The van der Waals surface area contributed by atoms with E-state index in [-0.39, 0.29) is 18.4 Å². The minimum absolute atomic E-state index is 0.00959. The molecule has 1 aromatic carbocycles. The van der Waals surface area contributed by atoms with E-state index in [0.717, 1.165) is 32.1 Å². The molecule has 0 radical (unpaired) electrons. The largest absolute Gasteiger partial charge is 0.343 e. The van der Waals surface area contributed by atoms with Gasteiger partial charge in [-0.25, -0.2) is 0 Å². The van der Waals surface area contributed by atoms with Gasteiger partial charge in [-0.1, -0.05) is 18.2 Å². The quantitative estimate of drug-likeness (QED) is 0.882. The number of piperazine rings is 1. The zero-order valence-corrected chi connectivity index (χ0v) is 12.8. The van der Waals surface area contributed by atoms with E-state index in [0.29, 0.717) is 5.56 Å². The maximum absolute atomic E-state index is 12.2. The number of rotatable bonds is 5. The van der Waals surface area contributed by atoms with Crippen LogP contribution in [0.2, 0.25) is 0 Å². The van der Waals surface area contributed by atoms with E-state index in [1.807, 2.05) is 23.1 Å². The standard InChI is InChI=1S/C17H23N3O2/c21-16(12-18-17(22)15-4-2-1-3-5-15)20-10-8-19(9-11-20)13-14-6-7-14/h1-5,14H,6-13H2,(H,18,22). The van der Waals surface area contributed by atoms with Crippen molar-refractivity contribution in [3.63, 3.8) is 0 Å². The molecule has 0 aromatic heterocycles. The summed E-state index contributed by atoms with van der Waals surface area (Å²) in [5.74, 6) is 0.712. The van der Waals surface area contributed by atoms with Crippen molar-refractivity contribution in [1.82, 2.24) is 15.1 Å². The van der Waals surface area contributed by atoms with Crippen LogP contribution in [0.5, 0.6) is 0 Å². The first-order valence-electron chi connectivity index (χ1n) is 8.06. The summed E-state index contributed by atoms with van der Waals surface area (Å²) in [6.45, 7) is 4.71. The molecular weight excluding hydrogens is 278 g/mol. The van der Waals surface area contributed by atoms with E-state index in [4.69, 9.17) is 0 Å². The number of nitrogens with zero attached hydrogens (tertiary/aromatic N) is 2. The zero-order valence-electron chi connectivity index (χ0n) is 12.8. The van der Waals surface area contributed by atoms with Gasteiger partial charge in [-0.2, -0.15) is 0 Å². The van der Waals surface area contributed by atoms with E-state index < -0.39 is 0 Å². The van der Waals surface area contributed by atoms with Gasteiger partial charge in [0.05, 0.1) is 6.54 Å². The van der Waals surface area contributed by atoms with Crippen LogP contribution in [0, 0.1) is 5.92 Å². The minimum atomic E-state index is -0.193. The van der Waals surface area contributed by atoms with Gasteiger partial charge < -0.3 is 10.2 Å². The highest BCUT2D eigenvalue weighted by molar-refractivity contribution is 5.96. The summed E-state index contributed by atoms with van der Waals surface area (Å²) in [4.78, 5) is 28.4. The predicted octanol–water partition coefficient (Wildman–Crippen LogP) is 0.971. The topological polar surface area (TPSA) is 52.7 Å². The van der Waals surface area contributed by atoms with Gasteiger partial charge in [0, 0.05) is 38.3 Å². The van der Waals surface area contributed by atoms with Crippen LogP contribution in [0.25, 0.3) is 0 Å². The molecule has 5 heteroatoms. The minimum Gasteiger partial charge on any atom is -0.343 e. The molecule has 1 saturated carbocycles. The molecule has 1 heterocycles. The molecule has 1 aromatic rings. The lowest BCUT2D eigenvalue weighted by molar-refractivity contribution is -0.131. The summed E-state index contributed by atoms with van der Waals surface area (Å²) < 4.78 is 0. The maximum atomic E-state index is 12.2. The van der Waals surface area contributed by atoms with Gasteiger partial charge in [-0.05, 0) is 30.9 Å². The first-order valence-corrected chi connectivity index (χ1v) is 8.06. The first kappa shape index (κ1) is 15.0. The molecule has 0 unspecified atom stereocenters. The molecular formula is C17H23N3O2. The number of nitrogens with one attached hydrogen (secondary N) is 1. The van der Waals surface area contributed by atoms with Crippen LogP contribution >= 0.6 is 0 Å². The van der Waals surface area contributed by atoms with Gasteiger partial charge in [0.25, 0.3) is 5.91 Å². The van der Waals surface area contributed by atoms with E-state index >= 15 is 0 Å². The molecule has 2 aliphatic rings. The number of benzene rings is 1. The molecule has 1 aliphatic carbocycles. The van der Waals surface area contributed by atoms with Crippen LogP contribution in [0.15, 0.2) is 30.3 Å². The normalized spacial score (nSPS) is 19.0. The van der Waals surface area contributed by atoms with Gasteiger partial charge in [0.15, 0.2) is 0 Å². The lowest BCUT2D eigenvalue weighted by atomic mass is 10.2. The SMILES string of the molecule is O=C(NCC(=O)N1CCN(CC2CC2)CC1)c1ccccc1. The fraction of sp³-hybridized carbons (Fsp3) is 0.529. The maximum Gasteiger partial charge on any atom is 0.251 e. The third-order valence-electron chi connectivity index (χ3n) is 4.37. The lowest BCUT2D eigenvalue weighted by Gasteiger charge is -2.34. The Morgan fingerprint density at radius 2 is 1.73 bits per heavy atom. The van der Waals surface area contributed by atoms with Crippen molar-refractivity contribution in [1.29, 1.82) is 0 Å². The van der Waals surface area contributed by atoms with Gasteiger partial charge in [-0.3, -0.25) is 14.5 Å². The Hall–Kier alpha value is -1.88. The number of carbonyl (C=O) groups is 2. The van der Waals surface area contributed by atoms with Crippen molar-refractivity contribution in [2.24, 2.45) is 5.92 Å². The highest BCUT2D eigenvalue weighted by Crippen LogP contribution is 2.29. The second kappa shape index (κ2) is 6.92. The Morgan fingerprint density at radius 1 is 1.05 bits per heavy atom. The zero-order chi connectivity index (χ0) is 15.4. The second-order valence-electron chi connectivity index (χ2n) is 6.17. The molecule has 2 amide bonds. The van der Waals surface area contributed by atoms with E-state index in [9.17, 15) is 9.59 Å². The van der Waals surface area contributed by atoms with Crippen molar-refractivity contribution in [3.05, 3.63) is 35.9 Å². The smallest absolute Gasteiger partial charge is 0.251 e. The monoisotopic (exact) mass is 301 g/mol. The highest BCUT2D eigenvalue weighted by atomic mass is 16.2. The number of amides is 2. The first-order chi connectivity index (χ1) is 10.7. The van der Waals surface area contributed by atoms with Crippen molar-refractivity contribution >= 4 is 11.8 Å². The molecule has 1 aliphatic heterocycles. The van der Waals surface area contributed by atoms with Gasteiger partial charge in [-0.15, -0.1) is 0 Å². The van der Waals surface area contributed by atoms with Crippen LogP contribution in [-0.2, 0) is 4.79 Å². The summed E-state index contributed by atoms with van der Waals surface area (Å²) in [7, 11) is 0. The summed E-state index contributed by atoms with van der Waals surface area (Å²) in [6, 6.07) is 8.99. The Kier molecular flexibility index (Phi) is 4.73. The van der Waals surface area contributed by atoms with Crippen LogP contribution in [0.4, 0.5) is 0 Å². The molecule has 22 heavy (non-hydrogen) atoms. The van der Waals surface area contributed by atoms with E-state index in [2.05, 4.69) is 10.2 Å². The molecule has 118 valence electrons. The Balaban J connectivity index is 1.40. The van der Waals surface area contributed by atoms with E-state index in [1.165, 1.54) is 19.4 Å². The van der Waals surface area contributed by atoms with Crippen molar-refractivity contribution in [2.75, 3.05) is 39.3 Å². The third-order valence-corrected chi connectivity index (χ3v) is 4.37. The highest BCUT2D eigenvalue weighted by Gasteiger charge is 2.27. The average molecular weight is 301 g/mol. The molecule has 1 N–H and O–H groups in total. The average Bonchev–Trinajstić information content (AvgIpc) is 3.38. The Bertz CT molecular complexity index is 520. The predicted molar refractivity (Wildman–Crippen MR) is 84.5 cm³/mol. The molecule has 1 saturated heterocycles. The van der Waals surface area contributed by atoms with Gasteiger partial charge in [0.2, 0.25) is 5.91 Å². The summed E-state index contributed by atoms with van der Waals surface area (Å²) in [6.07, 6.45) is 2.73. The molecule has 0 spiro atoms. The summed E-state index contributed by atoms with van der Waals surface area (Å²) in [5.41, 5.74) is 0.588. The molecule has 3 rings (SSSR count). The van der Waals surface area contributed by atoms with Gasteiger partial charge in [0.1, 0.15) is 0 Å². The fourth-order valence-corrected chi connectivity index (χ4v) is 2.80. The molecule has 0 atom stereocenters. The van der Waals surface area contributed by atoms with Crippen LogP contribution < -0.4 is 5.32 Å². The third kappa shape index (κ3) is 4.07. The second-order valence-corrected chi connectivity index (χ2v) is 6.17. The number of carbonyl (C=O) groups excluding carboxylic acids is 2. The number of hydrogen-bond donors (Lipinski definition) is 1. The summed E-state index contributed by atoms with van der Waals surface area (Å²) in [5, 5.41) is 2.71. The molecule has 5 nitrogen and oxygen atoms in total. The fourth-order valence-electron chi connectivity index (χ4n) is 2.80. The van der Waals surface area contributed by atoms with Crippen molar-refractivity contribution < 1.29 is 9.59 Å². The van der Waals surface area contributed by atoms with Crippen molar-refractivity contribution in [3.8, 4) is 0 Å². The Morgan fingerprint density at radius 3 is 2.36 bits per heavy atom. The Labute approximate surface area is 131 Å². The van der Waals surface area contributed by atoms with Crippen LogP contribution in [0.3, 0.4) is 0 Å².